The first-order valence-corrected chi connectivity index (χ1v) is 5.37. The molecular weight excluding hydrogens is 242 g/mol. The van der Waals surface area contributed by atoms with Gasteiger partial charge in [0, 0.05) is 19.8 Å². The normalized spacial score (nSPS) is 14.4. The molecule has 0 unspecified atom stereocenters. The van der Waals surface area contributed by atoms with Crippen LogP contribution in [-0.2, 0) is 4.79 Å². The van der Waals surface area contributed by atoms with Crippen LogP contribution < -0.4 is 9.80 Å². The summed E-state index contributed by atoms with van der Waals surface area (Å²) in [5.41, 5.74) is 1.32. The number of hydrogen-bond donors (Lipinski definition) is 0. The maximum Gasteiger partial charge on any atom is 0.299 e. The van der Waals surface area contributed by atoms with Gasteiger partial charge >= 0.3 is 0 Å². The molecule has 1 aliphatic heterocycles. The van der Waals surface area contributed by atoms with E-state index in [1.807, 2.05) is 0 Å². The Kier molecular flexibility index (Phi) is 3.02. The molecule has 1 aromatic rings. The number of halogens is 2. The Bertz CT molecular complexity index is 517. The van der Waals surface area contributed by atoms with E-state index in [1.54, 1.807) is 12.1 Å². The Labute approximate surface area is 103 Å². The van der Waals surface area contributed by atoms with E-state index in [-0.39, 0.29) is 0 Å². The minimum absolute atomic E-state index is 0.316. The zero-order valence-electron chi connectivity index (χ0n) is 9.98. The number of benzene rings is 1. The lowest BCUT2D eigenvalue weighted by molar-refractivity contribution is -0.114. The standard InChI is InChI=1S/C12H12F2N2O2/c1-15(6-10(13)14)7-3-4-8-9(5-7)16(2)12(18)11(8)17/h3-5,10H,6H2,1-2H3. The number of nitrogens with zero attached hydrogens (tertiary/aromatic N) is 2. The topological polar surface area (TPSA) is 40.6 Å². The summed E-state index contributed by atoms with van der Waals surface area (Å²) in [7, 11) is 3.02. The Morgan fingerprint density at radius 2 is 2.00 bits per heavy atom. The van der Waals surface area contributed by atoms with E-state index in [4.69, 9.17) is 0 Å². The Hall–Kier alpha value is -1.98. The van der Waals surface area contributed by atoms with E-state index in [9.17, 15) is 18.4 Å². The quantitative estimate of drug-likeness (QED) is 0.768. The number of alkyl halides is 2. The SMILES string of the molecule is CN(CC(F)F)c1ccc2c(c1)N(C)C(=O)C2=O. The van der Waals surface area contributed by atoms with Crippen LogP contribution >= 0.6 is 0 Å². The molecule has 0 saturated carbocycles. The smallest absolute Gasteiger partial charge is 0.299 e. The van der Waals surface area contributed by atoms with Gasteiger partial charge < -0.3 is 9.80 Å². The number of ketones is 1. The summed E-state index contributed by atoms with van der Waals surface area (Å²) in [6.45, 7) is -0.398. The molecule has 18 heavy (non-hydrogen) atoms. The van der Waals surface area contributed by atoms with Crippen LogP contribution in [0.3, 0.4) is 0 Å². The number of carbonyl (C=O) groups excluding carboxylic acids is 2. The van der Waals surface area contributed by atoms with Gasteiger partial charge in [0.25, 0.3) is 18.1 Å². The van der Waals surface area contributed by atoms with Crippen LogP contribution in [0, 0.1) is 0 Å². The minimum Gasteiger partial charge on any atom is -0.369 e. The van der Waals surface area contributed by atoms with Crippen molar-refractivity contribution in [2.24, 2.45) is 0 Å². The average molecular weight is 254 g/mol. The molecule has 0 radical (unpaired) electrons. The van der Waals surface area contributed by atoms with Gasteiger partial charge in [0.15, 0.2) is 0 Å². The predicted molar refractivity (Wildman–Crippen MR) is 63.5 cm³/mol. The van der Waals surface area contributed by atoms with Crippen molar-refractivity contribution in [1.82, 2.24) is 0 Å². The molecule has 1 heterocycles. The second kappa shape index (κ2) is 4.36. The molecule has 0 saturated heterocycles. The molecule has 0 fully saturated rings. The first kappa shape index (κ1) is 12.5. The van der Waals surface area contributed by atoms with Crippen molar-refractivity contribution in [3.63, 3.8) is 0 Å². The van der Waals surface area contributed by atoms with Gasteiger partial charge in [0.1, 0.15) is 0 Å². The van der Waals surface area contributed by atoms with Gasteiger partial charge in [0.2, 0.25) is 0 Å². The fourth-order valence-corrected chi connectivity index (χ4v) is 1.92. The van der Waals surface area contributed by atoms with Gasteiger partial charge in [0.05, 0.1) is 17.8 Å². The van der Waals surface area contributed by atoms with Crippen molar-refractivity contribution in [1.29, 1.82) is 0 Å². The summed E-state index contributed by atoms with van der Waals surface area (Å²) in [6.07, 6.45) is -2.44. The van der Waals surface area contributed by atoms with Crippen molar-refractivity contribution in [3.05, 3.63) is 23.8 Å². The molecule has 0 atom stereocenters. The van der Waals surface area contributed by atoms with Crippen molar-refractivity contribution in [2.75, 3.05) is 30.4 Å². The molecule has 0 spiro atoms. The Balaban J connectivity index is 2.34. The fraction of sp³-hybridized carbons (Fsp3) is 0.333. The van der Waals surface area contributed by atoms with E-state index in [2.05, 4.69) is 0 Å². The third-order valence-electron chi connectivity index (χ3n) is 2.94. The van der Waals surface area contributed by atoms with E-state index in [0.717, 1.165) is 0 Å². The molecule has 4 nitrogen and oxygen atoms in total. The molecular formula is C12H12F2N2O2. The molecule has 1 amide bonds. The van der Waals surface area contributed by atoms with Gasteiger partial charge in [-0.2, -0.15) is 0 Å². The van der Waals surface area contributed by atoms with Crippen molar-refractivity contribution in [2.45, 2.75) is 6.43 Å². The van der Waals surface area contributed by atoms with Crippen LogP contribution in [0.4, 0.5) is 20.2 Å². The summed E-state index contributed by atoms with van der Waals surface area (Å²) in [5.74, 6) is -1.16. The van der Waals surface area contributed by atoms with Crippen LogP contribution in [0.5, 0.6) is 0 Å². The van der Waals surface area contributed by atoms with E-state index in [0.29, 0.717) is 16.9 Å². The number of fused-ring (bicyclic) bond motifs is 1. The van der Waals surface area contributed by atoms with Crippen molar-refractivity contribution >= 4 is 23.1 Å². The summed E-state index contributed by atoms with van der Waals surface area (Å²) >= 11 is 0. The molecule has 2 rings (SSSR count). The van der Waals surface area contributed by atoms with E-state index >= 15 is 0 Å². The van der Waals surface area contributed by atoms with Gasteiger partial charge in [-0.05, 0) is 18.2 Å². The molecule has 0 aromatic heterocycles. The second-order valence-corrected chi connectivity index (χ2v) is 4.17. The highest BCUT2D eigenvalue weighted by atomic mass is 19.3. The van der Waals surface area contributed by atoms with Gasteiger partial charge in [-0.3, -0.25) is 9.59 Å². The molecule has 96 valence electrons. The van der Waals surface area contributed by atoms with E-state index in [1.165, 1.54) is 30.0 Å². The lowest BCUT2D eigenvalue weighted by atomic mass is 10.1. The molecule has 0 bridgehead atoms. The Morgan fingerprint density at radius 3 is 2.61 bits per heavy atom. The number of rotatable bonds is 3. The third-order valence-corrected chi connectivity index (χ3v) is 2.94. The van der Waals surface area contributed by atoms with Gasteiger partial charge in [-0.25, -0.2) is 8.78 Å². The van der Waals surface area contributed by atoms with Crippen LogP contribution in [0.25, 0.3) is 0 Å². The van der Waals surface area contributed by atoms with Gasteiger partial charge in [-0.1, -0.05) is 0 Å². The minimum atomic E-state index is -2.44. The second-order valence-electron chi connectivity index (χ2n) is 4.17. The number of carbonyl (C=O) groups is 2. The maximum absolute atomic E-state index is 12.3. The molecule has 1 aliphatic rings. The van der Waals surface area contributed by atoms with Crippen molar-refractivity contribution in [3.8, 4) is 0 Å². The van der Waals surface area contributed by atoms with Gasteiger partial charge in [-0.15, -0.1) is 0 Å². The molecule has 0 N–H and O–H groups in total. The van der Waals surface area contributed by atoms with Crippen LogP contribution in [-0.4, -0.2) is 38.8 Å². The summed E-state index contributed by atoms with van der Waals surface area (Å²) in [6, 6.07) is 4.63. The first-order chi connectivity index (χ1) is 8.41. The van der Waals surface area contributed by atoms with Crippen molar-refractivity contribution < 1.29 is 18.4 Å². The Morgan fingerprint density at radius 1 is 1.33 bits per heavy atom. The largest absolute Gasteiger partial charge is 0.369 e. The first-order valence-electron chi connectivity index (χ1n) is 5.37. The maximum atomic E-state index is 12.3. The fourth-order valence-electron chi connectivity index (χ4n) is 1.92. The number of likely N-dealkylation sites (N-methyl/N-ethyl adjacent to an activating group) is 1. The highest BCUT2D eigenvalue weighted by Gasteiger charge is 2.33. The van der Waals surface area contributed by atoms with Crippen LogP contribution in [0.1, 0.15) is 10.4 Å². The summed E-state index contributed by atoms with van der Waals surface area (Å²) in [5, 5.41) is 0. The monoisotopic (exact) mass is 254 g/mol. The highest BCUT2D eigenvalue weighted by Crippen LogP contribution is 2.31. The van der Waals surface area contributed by atoms with Crippen LogP contribution in [0.2, 0.25) is 0 Å². The highest BCUT2D eigenvalue weighted by molar-refractivity contribution is 6.52. The zero-order valence-corrected chi connectivity index (χ0v) is 9.98. The van der Waals surface area contributed by atoms with E-state index < -0.39 is 24.7 Å². The summed E-state index contributed by atoms with van der Waals surface area (Å²) < 4.78 is 24.6. The third kappa shape index (κ3) is 1.94. The zero-order chi connectivity index (χ0) is 13.4. The molecule has 0 aliphatic carbocycles. The lowest BCUT2D eigenvalue weighted by Crippen LogP contribution is -2.25. The average Bonchev–Trinajstić information content (AvgIpc) is 2.53. The molecule has 1 aromatic carbocycles. The lowest BCUT2D eigenvalue weighted by Gasteiger charge is -2.20. The number of anilines is 2. The number of hydrogen-bond acceptors (Lipinski definition) is 3. The molecule has 6 heteroatoms. The van der Waals surface area contributed by atoms with Crippen LogP contribution in [0.15, 0.2) is 18.2 Å². The predicted octanol–water partition coefficient (Wildman–Crippen LogP) is 1.55. The number of Topliss-reactive ketones (excluding diaryl/α,β-unsaturated/α-hetero) is 1. The summed E-state index contributed by atoms with van der Waals surface area (Å²) in [4.78, 5) is 25.6. The number of amides is 1.